The summed E-state index contributed by atoms with van der Waals surface area (Å²) in [6.45, 7) is 8.93. The van der Waals surface area contributed by atoms with Crippen molar-refractivity contribution in [1.82, 2.24) is 9.80 Å². The maximum Gasteiger partial charge on any atom is 0.295 e. The lowest BCUT2D eigenvalue weighted by Gasteiger charge is -2.28. The summed E-state index contributed by atoms with van der Waals surface area (Å²) in [5.41, 5.74) is 1.08. The Labute approximate surface area is 204 Å². The minimum atomic E-state index is -0.732. The van der Waals surface area contributed by atoms with Crippen LogP contribution in [0.4, 0.5) is 0 Å². The molecule has 176 valence electrons. The summed E-state index contributed by atoms with van der Waals surface area (Å²) in [6.07, 6.45) is 0. The number of likely N-dealkylation sites (N-methyl/N-ethyl adjacent to an activating group) is 1. The molecule has 1 amide bonds. The molecule has 6 nitrogen and oxygen atoms in total. The largest absolute Gasteiger partial charge is 0.507 e. The third-order valence-corrected chi connectivity index (χ3v) is 6.35. The second kappa shape index (κ2) is 11.1. The first-order chi connectivity index (χ1) is 15.8. The first-order valence-electron chi connectivity index (χ1n) is 11.0. The average Bonchev–Trinajstić information content (AvgIpc) is 3.06. The first kappa shape index (κ1) is 25.1. The number of carbonyl (C=O) groups excluding carboxylic acids is 2. The fourth-order valence-electron chi connectivity index (χ4n) is 3.96. The number of ether oxygens (including phenoxy) is 1. The maximum absolute atomic E-state index is 13.1. The molecule has 0 radical (unpaired) electrons. The molecule has 0 saturated carbocycles. The lowest BCUT2D eigenvalue weighted by Crippen LogP contribution is -2.38. The maximum atomic E-state index is 13.1. The van der Waals surface area contributed by atoms with Gasteiger partial charge in [0.2, 0.25) is 0 Å². The van der Waals surface area contributed by atoms with Crippen molar-refractivity contribution in [2.24, 2.45) is 0 Å². The summed E-state index contributed by atoms with van der Waals surface area (Å²) in [6, 6.07) is 11.0. The van der Waals surface area contributed by atoms with Crippen LogP contribution >= 0.6 is 23.2 Å². The van der Waals surface area contributed by atoms with Crippen molar-refractivity contribution < 1.29 is 19.4 Å². The summed E-state index contributed by atoms with van der Waals surface area (Å²) >= 11 is 12.3. The topological polar surface area (TPSA) is 70.1 Å². The van der Waals surface area contributed by atoms with Crippen LogP contribution in [0.2, 0.25) is 10.0 Å². The number of carbonyl (C=O) groups is 2. The summed E-state index contributed by atoms with van der Waals surface area (Å²) in [4.78, 5) is 29.9. The molecular formula is C25H28Cl2N2O4. The lowest BCUT2D eigenvalue weighted by atomic mass is 9.95. The Kier molecular flexibility index (Phi) is 8.40. The molecule has 0 aliphatic carbocycles. The van der Waals surface area contributed by atoms with Gasteiger partial charge in [-0.1, -0.05) is 49.2 Å². The van der Waals surface area contributed by atoms with Crippen LogP contribution in [0.1, 0.15) is 37.9 Å². The molecule has 33 heavy (non-hydrogen) atoms. The molecule has 2 aromatic rings. The highest BCUT2D eigenvalue weighted by atomic mass is 35.5. The highest BCUT2D eigenvalue weighted by Crippen LogP contribution is 2.40. The third kappa shape index (κ3) is 5.35. The molecule has 8 heteroatoms. The van der Waals surface area contributed by atoms with E-state index >= 15 is 0 Å². The van der Waals surface area contributed by atoms with Crippen LogP contribution in [0.15, 0.2) is 48.0 Å². The van der Waals surface area contributed by atoms with Gasteiger partial charge in [-0.25, -0.2) is 0 Å². The van der Waals surface area contributed by atoms with E-state index in [9.17, 15) is 14.7 Å². The Morgan fingerprint density at radius 3 is 2.33 bits per heavy atom. The molecule has 1 unspecified atom stereocenters. The fraction of sp³-hybridized carbons (Fsp3) is 0.360. The van der Waals surface area contributed by atoms with Gasteiger partial charge in [0.15, 0.2) is 0 Å². The van der Waals surface area contributed by atoms with Gasteiger partial charge in [0, 0.05) is 23.7 Å². The second-order valence-corrected chi connectivity index (χ2v) is 8.49. The number of aliphatic hydroxyl groups is 1. The van der Waals surface area contributed by atoms with Crippen molar-refractivity contribution in [1.29, 1.82) is 0 Å². The molecule has 1 aliphatic rings. The summed E-state index contributed by atoms with van der Waals surface area (Å²) < 4.78 is 5.53. The van der Waals surface area contributed by atoms with E-state index in [4.69, 9.17) is 27.9 Å². The SMILES string of the molecule is CCOc1cc(/C(O)=C2/C(=O)C(=O)N(CCN(CC)CC)C2c2ccc(Cl)cc2)ccc1Cl. The van der Waals surface area contributed by atoms with Crippen molar-refractivity contribution in [2.75, 3.05) is 32.8 Å². The van der Waals surface area contributed by atoms with Gasteiger partial charge in [0.1, 0.15) is 11.5 Å². The zero-order valence-corrected chi connectivity index (χ0v) is 20.5. The van der Waals surface area contributed by atoms with Crippen molar-refractivity contribution in [3.63, 3.8) is 0 Å². The number of likely N-dealkylation sites (tertiary alicyclic amines) is 1. The predicted molar refractivity (Wildman–Crippen MR) is 131 cm³/mol. The number of rotatable bonds is 9. The molecule has 1 atom stereocenters. The van der Waals surface area contributed by atoms with Gasteiger partial charge in [-0.05, 0) is 55.9 Å². The van der Waals surface area contributed by atoms with E-state index in [0.717, 1.165) is 13.1 Å². The number of hydrogen-bond donors (Lipinski definition) is 1. The van der Waals surface area contributed by atoms with Crippen LogP contribution in [0.25, 0.3) is 5.76 Å². The monoisotopic (exact) mass is 490 g/mol. The van der Waals surface area contributed by atoms with Gasteiger partial charge >= 0.3 is 0 Å². The molecule has 1 saturated heterocycles. The Morgan fingerprint density at radius 2 is 1.73 bits per heavy atom. The number of hydrogen-bond acceptors (Lipinski definition) is 5. The standard InChI is InChI=1S/C25H28Cl2N2O4/c1-4-28(5-2)13-14-29-22(16-7-10-18(26)11-8-16)21(24(31)25(29)32)23(30)17-9-12-19(27)20(15-17)33-6-3/h7-12,15,22,30H,4-6,13-14H2,1-3H3/b23-21-. The Bertz CT molecular complexity index is 1050. The second-order valence-electron chi connectivity index (χ2n) is 7.65. The van der Waals surface area contributed by atoms with Crippen LogP contribution in [0.5, 0.6) is 5.75 Å². The summed E-state index contributed by atoms with van der Waals surface area (Å²) in [5, 5.41) is 12.1. The number of nitrogens with zero attached hydrogens (tertiary/aromatic N) is 2. The van der Waals surface area contributed by atoms with Crippen LogP contribution in [0, 0.1) is 0 Å². The van der Waals surface area contributed by atoms with Gasteiger partial charge in [-0.2, -0.15) is 0 Å². The number of halogens is 2. The minimum Gasteiger partial charge on any atom is -0.507 e. The molecule has 3 rings (SSSR count). The Balaban J connectivity index is 2.11. The van der Waals surface area contributed by atoms with E-state index in [0.29, 0.717) is 46.6 Å². The van der Waals surface area contributed by atoms with Gasteiger partial charge in [-0.15, -0.1) is 0 Å². The van der Waals surface area contributed by atoms with Gasteiger partial charge in [0.05, 0.1) is 23.2 Å². The van der Waals surface area contributed by atoms with Crippen LogP contribution in [-0.4, -0.2) is 59.4 Å². The molecule has 0 aromatic heterocycles. The minimum absolute atomic E-state index is 0.0339. The van der Waals surface area contributed by atoms with Crippen molar-refractivity contribution in [2.45, 2.75) is 26.8 Å². The number of ketones is 1. The number of amides is 1. The Hall–Kier alpha value is -2.54. The average molecular weight is 491 g/mol. The van der Waals surface area contributed by atoms with Crippen molar-refractivity contribution >= 4 is 40.7 Å². The van der Waals surface area contributed by atoms with E-state index in [2.05, 4.69) is 4.90 Å². The summed E-state index contributed by atoms with van der Waals surface area (Å²) in [5.74, 6) is -1.24. The van der Waals surface area contributed by atoms with Crippen LogP contribution < -0.4 is 4.74 Å². The van der Waals surface area contributed by atoms with Crippen LogP contribution in [-0.2, 0) is 9.59 Å². The smallest absolute Gasteiger partial charge is 0.295 e. The predicted octanol–water partition coefficient (Wildman–Crippen LogP) is 5.16. The zero-order chi connectivity index (χ0) is 24.1. The van der Waals surface area contributed by atoms with Crippen LogP contribution in [0.3, 0.4) is 0 Å². The van der Waals surface area contributed by atoms with Gasteiger partial charge in [0.25, 0.3) is 11.7 Å². The normalized spacial score (nSPS) is 17.8. The molecule has 0 bridgehead atoms. The van der Waals surface area contributed by atoms with Gasteiger partial charge in [-0.3, -0.25) is 9.59 Å². The third-order valence-electron chi connectivity index (χ3n) is 5.78. The van der Waals surface area contributed by atoms with Crippen molar-refractivity contribution in [3.05, 3.63) is 69.2 Å². The zero-order valence-electron chi connectivity index (χ0n) is 19.0. The molecule has 1 aliphatic heterocycles. The van der Waals surface area contributed by atoms with E-state index in [1.165, 1.54) is 4.90 Å². The molecule has 0 spiro atoms. The molecule has 1 fully saturated rings. The quantitative estimate of drug-likeness (QED) is 0.298. The first-order valence-corrected chi connectivity index (χ1v) is 11.8. The lowest BCUT2D eigenvalue weighted by molar-refractivity contribution is -0.140. The van der Waals surface area contributed by atoms with E-state index in [1.54, 1.807) is 42.5 Å². The van der Waals surface area contributed by atoms with E-state index in [-0.39, 0.29) is 11.3 Å². The van der Waals surface area contributed by atoms with Crippen molar-refractivity contribution in [3.8, 4) is 5.75 Å². The molecular weight excluding hydrogens is 463 g/mol. The number of aliphatic hydroxyl groups excluding tert-OH is 1. The molecule has 2 aromatic carbocycles. The number of benzene rings is 2. The van der Waals surface area contributed by atoms with E-state index in [1.807, 2.05) is 20.8 Å². The highest BCUT2D eigenvalue weighted by molar-refractivity contribution is 6.46. The number of Topliss-reactive ketones (excluding diaryl/α,β-unsaturated/α-hetero) is 1. The molecule has 1 N–H and O–H groups in total. The van der Waals surface area contributed by atoms with E-state index < -0.39 is 17.7 Å². The Morgan fingerprint density at radius 1 is 1.06 bits per heavy atom. The fourth-order valence-corrected chi connectivity index (χ4v) is 4.26. The highest BCUT2D eigenvalue weighted by Gasteiger charge is 2.46. The van der Waals surface area contributed by atoms with Gasteiger partial charge < -0.3 is 19.6 Å². The summed E-state index contributed by atoms with van der Waals surface area (Å²) in [7, 11) is 0. The molecule has 1 heterocycles.